The molecule has 3 rings (SSSR count). The largest absolute Gasteiger partial charge is 0.480 e. The fraction of sp³-hybridized carbons (Fsp3) is 0.368. The first kappa shape index (κ1) is 16.3. The van der Waals surface area contributed by atoms with Crippen molar-refractivity contribution in [3.63, 3.8) is 0 Å². The lowest BCUT2D eigenvalue weighted by Crippen LogP contribution is -2.42. The molecule has 2 aromatic rings. The van der Waals surface area contributed by atoms with Crippen molar-refractivity contribution in [3.05, 3.63) is 58.5 Å². The standard InChI is InChI=1S/C19H21NO4/c1-12-17(14-9-5-6-10-16(14)24-12)18(21)20-15(19(22)23)11-13-7-3-2-4-8-13/h2-4,7-8,15H,5-6,9-11H2,1H3,(H,20,21)(H,22,23)/t15-/m0/s1. The molecule has 0 fully saturated rings. The maximum atomic E-state index is 12.7. The van der Waals surface area contributed by atoms with Crippen molar-refractivity contribution in [2.45, 2.75) is 45.1 Å². The molecule has 2 N–H and O–H groups in total. The summed E-state index contributed by atoms with van der Waals surface area (Å²) in [6.45, 7) is 1.76. The van der Waals surface area contributed by atoms with Crippen molar-refractivity contribution >= 4 is 11.9 Å². The number of rotatable bonds is 5. The predicted octanol–water partition coefficient (Wildman–Crippen LogP) is 2.89. The van der Waals surface area contributed by atoms with Crippen LogP contribution in [0.25, 0.3) is 0 Å². The minimum absolute atomic E-state index is 0.251. The molecule has 0 saturated heterocycles. The minimum Gasteiger partial charge on any atom is -0.480 e. The lowest BCUT2D eigenvalue weighted by atomic mass is 9.94. The van der Waals surface area contributed by atoms with Gasteiger partial charge in [-0.25, -0.2) is 4.79 Å². The molecule has 0 aliphatic heterocycles. The molecule has 1 aromatic carbocycles. The lowest BCUT2D eigenvalue weighted by Gasteiger charge is -2.16. The second kappa shape index (κ2) is 6.91. The number of aryl methyl sites for hydroxylation is 2. The fourth-order valence-corrected chi connectivity index (χ4v) is 3.28. The second-order valence-corrected chi connectivity index (χ2v) is 6.20. The molecule has 5 heteroatoms. The van der Waals surface area contributed by atoms with Gasteiger partial charge in [0.25, 0.3) is 5.91 Å². The van der Waals surface area contributed by atoms with Gasteiger partial charge in [-0.15, -0.1) is 0 Å². The molecule has 1 atom stereocenters. The van der Waals surface area contributed by atoms with E-state index in [9.17, 15) is 14.7 Å². The van der Waals surface area contributed by atoms with E-state index in [-0.39, 0.29) is 12.3 Å². The van der Waals surface area contributed by atoms with Crippen molar-refractivity contribution in [3.8, 4) is 0 Å². The summed E-state index contributed by atoms with van der Waals surface area (Å²) < 4.78 is 5.71. The molecule has 126 valence electrons. The third-order valence-corrected chi connectivity index (χ3v) is 4.46. The molecule has 0 spiro atoms. The first-order chi connectivity index (χ1) is 11.6. The number of fused-ring (bicyclic) bond motifs is 1. The van der Waals surface area contributed by atoms with Crippen LogP contribution in [-0.2, 0) is 24.1 Å². The van der Waals surface area contributed by atoms with Gasteiger partial charge < -0.3 is 14.8 Å². The molecule has 1 aromatic heterocycles. The van der Waals surface area contributed by atoms with E-state index in [4.69, 9.17) is 4.42 Å². The lowest BCUT2D eigenvalue weighted by molar-refractivity contribution is -0.139. The SMILES string of the molecule is Cc1oc2c(c1C(=O)N[C@@H](Cc1ccccc1)C(=O)O)CCCC2. The Morgan fingerprint density at radius 1 is 1.21 bits per heavy atom. The number of benzene rings is 1. The number of hydrogen-bond acceptors (Lipinski definition) is 3. The molecule has 1 aliphatic carbocycles. The van der Waals surface area contributed by atoms with Gasteiger partial charge in [-0.3, -0.25) is 4.79 Å². The topological polar surface area (TPSA) is 79.5 Å². The highest BCUT2D eigenvalue weighted by Gasteiger charge is 2.28. The highest BCUT2D eigenvalue weighted by Crippen LogP contribution is 2.29. The van der Waals surface area contributed by atoms with Gasteiger partial charge in [0.1, 0.15) is 17.6 Å². The number of furan rings is 1. The predicted molar refractivity (Wildman–Crippen MR) is 89.1 cm³/mol. The van der Waals surface area contributed by atoms with Crippen LogP contribution in [-0.4, -0.2) is 23.0 Å². The number of aliphatic carboxylic acids is 1. The van der Waals surface area contributed by atoms with E-state index < -0.39 is 12.0 Å². The zero-order valence-electron chi connectivity index (χ0n) is 13.7. The molecule has 24 heavy (non-hydrogen) atoms. The van der Waals surface area contributed by atoms with E-state index in [1.165, 1.54) is 0 Å². The minimum atomic E-state index is -1.04. The molecular formula is C19H21NO4. The van der Waals surface area contributed by atoms with Crippen molar-refractivity contribution in [1.82, 2.24) is 5.32 Å². The highest BCUT2D eigenvalue weighted by molar-refractivity contribution is 5.99. The maximum Gasteiger partial charge on any atom is 0.326 e. The number of carboxylic acid groups (broad SMARTS) is 1. The third kappa shape index (κ3) is 3.35. The Balaban J connectivity index is 1.79. The van der Waals surface area contributed by atoms with Crippen LogP contribution >= 0.6 is 0 Å². The van der Waals surface area contributed by atoms with Gasteiger partial charge in [-0.05, 0) is 31.7 Å². The molecule has 1 heterocycles. The van der Waals surface area contributed by atoms with E-state index in [0.29, 0.717) is 11.3 Å². The number of carbonyl (C=O) groups is 2. The molecule has 0 unspecified atom stereocenters. The highest BCUT2D eigenvalue weighted by atomic mass is 16.4. The Hall–Kier alpha value is -2.56. The number of amides is 1. The molecule has 0 radical (unpaired) electrons. The Morgan fingerprint density at radius 3 is 2.62 bits per heavy atom. The van der Waals surface area contributed by atoms with Crippen LogP contribution < -0.4 is 5.32 Å². The van der Waals surface area contributed by atoms with Crippen LogP contribution in [0.1, 0.15) is 45.8 Å². The van der Waals surface area contributed by atoms with Gasteiger partial charge in [0, 0.05) is 18.4 Å². The van der Waals surface area contributed by atoms with Gasteiger partial charge in [0.05, 0.1) is 5.56 Å². The summed E-state index contributed by atoms with van der Waals surface area (Å²) >= 11 is 0. The van der Waals surface area contributed by atoms with Crippen molar-refractivity contribution in [1.29, 1.82) is 0 Å². The zero-order chi connectivity index (χ0) is 17.1. The Labute approximate surface area is 140 Å². The second-order valence-electron chi connectivity index (χ2n) is 6.20. The van der Waals surface area contributed by atoms with E-state index >= 15 is 0 Å². The van der Waals surface area contributed by atoms with Crippen LogP contribution in [0.4, 0.5) is 0 Å². The summed E-state index contributed by atoms with van der Waals surface area (Å²) in [6, 6.07) is 8.33. The van der Waals surface area contributed by atoms with Crippen LogP contribution in [0.2, 0.25) is 0 Å². The Bertz CT molecular complexity index is 748. The summed E-state index contributed by atoms with van der Waals surface area (Å²) in [6.07, 6.45) is 3.99. The average molecular weight is 327 g/mol. The summed E-state index contributed by atoms with van der Waals surface area (Å²) in [5, 5.41) is 12.1. The number of nitrogens with one attached hydrogen (secondary N) is 1. The number of hydrogen-bond donors (Lipinski definition) is 2. The Morgan fingerprint density at radius 2 is 1.92 bits per heavy atom. The molecule has 0 bridgehead atoms. The Kier molecular flexibility index (Phi) is 4.69. The van der Waals surface area contributed by atoms with Crippen LogP contribution in [0.15, 0.2) is 34.7 Å². The number of carbonyl (C=O) groups excluding carboxylic acids is 1. The smallest absolute Gasteiger partial charge is 0.326 e. The normalized spacial score (nSPS) is 14.7. The number of carboxylic acids is 1. The average Bonchev–Trinajstić information content (AvgIpc) is 2.90. The molecule has 1 aliphatic rings. The van der Waals surface area contributed by atoms with E-state index in [1.54, 1.807) is 6.92 Å². The van der Waals surface area contributed by atoms with E-state index in [2.05, 4.69) is 5.32 Å². The summed E-state index contributed by atoms with van der Waals surface area (Å²) in [5.74, 6) is 0.0482. The molecule has 5 nitrogen and oxygen atoms in total. The zero-order valence-corrected chi connectivity index (χ0v) is 13.7. The molecular weight excluding hydrogens is 306 g/mol. The molecule has 1 amide bonds. The van der Waals surface area contributed by atoms with Crippen molar-refractivity contribution in [2.24, 2.45) is 0 Å². The summed E-state index contributed by atoms with van der Waals surface area (Å²) in [4.78, 5) is 24.2. The quantitative estimate of drug-likeness (QED) is 0.885. The third-order valence-electron chi connectivity index (χ3n) is 4.46. The van der Waals surface area contributed by atoms with Crippen molar-refractivity contribution in [2.75, 3.05) is 0 Å². The van der Waals surface area contributed by atoms with Gasteiger partial charge >= 0.3 is 5.97 Å². The summed E-state index contributed by atoms with van der Waals surface area (Å²) in [7, 11) is 0. The first-order valence-corrected chi connectivity index (χ1v) is 8.25. The maximum absolute atomic E-state index is 12.7. The first-order valence-electron chi connectivity index (χ1n) is 8.25. The van der Waals surface area contributed by atoms with Gasteiger partial charge in [0.15, 0.2) is 0 Å². The van der Waals surface area contributed by atoms with Crippen LogP contribution in [0.5, 0.6) is 0 Å². The van der Waals surface area contributed by atoms with Crippen molar-refractivity contribution < 1.29 is 19.1 Å². The molecule has 0 saturated carbocycles. The fourth-order valence-electron chi connectivity index (χ4n) is 3.28. The monoisotopic (exact) mass is 327 g/mol. The van der Waals surface area contributed by atoms with Gasteiger partial charge in [-0.2, -0.15) is 0 Å². The van der Waals surface area contributed by atoms with Crippen LogP contribution in [0.3, 0.4) is 0 Å². The summed E-state index contributed by atoms with van der Waals surface area (Å²) in [5.41, 5.74) is 2.33. The van der Waals surface area contributed by atoms with Gasteiger partial charge in [0.2, 0.25) is 0 Å². The van der Waals surface area contributed by atoms with E-state index in [0.717, 1.165) is 42.6 Å². The van der Waals surface area contributed by atoms with E-state index in [1.807, 2.05) is 30.3 Å². The van der Waals surface area contributed by atoms with Crippen LogP contribution in [0, 0.1) is 6.92 Å². The van der Waals surface area contributed by atoms with Gasteiger partial charge in [-0.1, -0.05) is 30.3 Å².